The summed E-state index contributed by atoms with van der Waals surface area (Å²) in [6.07, 6.45) is 11.4. The molecule has 4 aliphatic rings. The van der Waals surface area contributed by atoms with E-state index in [9.17, 15) is 34.5 Å². The number of Topliss-reactive ketones (excluding diaryl/α,β-unsaturated/α-hetero) is 2. The van der Waals surface area contributed by atoms with Crippen molar-refractivity contribution in [3.8, 4) is 11.5 Å². The monoisotopic (exact) mass is 994 g/mol. The average Bonchev–Trinajstić information content (AvgIpc) is 3.36. The predicted octanol–water partition coefficient (Wildman–Crippen LogP) is 7.52. The molecule has 3 fully saturated rings. The van der Waals surface area contributed by atoms with Crippen molar-refractivity contribution in [3.05, 3.63) is 65.3 Å². The number of methoxy groups -OCH3 is 5. The van der Waals surface area contributed by atoms with Crippen LogP contribution in [0.15, 0.2) is 59.7 Å². The third-order valence-electron chi connectivity index (χ3n) is 15.5. The summed E-state index contributed by atoms with van der Waals surface area (Å²) in [5.41, 5.74) is 1.36. The number of ether oxygens (including phenoxy) is 7. The molecule has 1 aromatic carbocycles. The fraction of sp³-hybridized carbons (Fsp3) is 0.679. The number of rotatable bonds is 12. The van der Waals surface area contributed by atoms with Gasteiger partial charge in [0.25, 0.3) is 11.7 Å². The Morgan fingerprint density at radius 3 is 2.18 bits per heavy atom. The molecule has 1 amide bonds. The lowest BCUT2D eigenvalue weighted by atomic mass is 9.74. The molecule has 71 heavy (non-hydrogen) atoms. The lowest BCUT2D eigenvalue weighted by molar-refractivity contribution is -0.302. The minimum Gasteiger partial charge on any atom is -0.497 e. The SMILES string of the molecule is CCC1/C=C(\C)CC(C)CC(OC)C2OC(O)(C(=O)C(=O)N3CCCCC3C(=O)OC(C(C)=CC3CCC(O)(CC=CC=Cc4cc(OC)cc(OC)c4)C(OC)C3)C(C)C(O)CC1=O)C(C)CC2OC. The second-order valence-corrected chi connectivity index (χ2v) is 20.7. The van der Waals surface area contributed by atoms with Gasteiger partial charge in [-0.1, -0.05) is 69.7 Å². The van der Waals surface area contributed by atoms with Crippen LogP contribution in [0.25, 0.3) is 6.08 Å². The molecular formula is C56H83NO14. The van der Waals surface area contributed by atoms with Crippen molar-refractivity contribution >= 4 is 29.5 Å². The molecule has 3 heterocycles. The molecule has 14 atom stereocenters. The number of hydrogen-bond donors (Lipinski definition) is 3. The van der Waals surface area contributed by atoms with Gasteiger partial charge in [0, 0.05) is 58.1 Å². The molecule has 3 N–H and O–H groups in total. The molecule has 15 heteroatoms. The zero-order chi connectivity index (χ0) is 52.2. The highest BCUT2D eigenvalue weighted by Gasteiger charge is 2.56. The van der Waals surface area contributed by atoms with E-state index < -0.39 is 89.5 Å². The van der Waals surface area contributed by atoms with Gasteiger partial charge in [-0.2, -0.15) is 0 Å². The topological polar surface area (TPSA) is 197 Å². The second kappa shape index (κ2) is 26.1. The van der Waals surface area contributed by atoms with Gasteiger partial charge in [0.05, 0.1) is 44.2 Å². The Bertz CT molecular complexity index is 2080. The van der Waals surface area contributed by atoms with Gasteiger partial charge in [0.15, 0.2) is 0 Å². The molecule has 0 spiro atoms. The Morgan fingerprint density at radius 1 is 0.873 bits per heavy atom. The van der Waals surface area contributed by atoms with E-state index in [1.54, 1.807) is 41.2 Å². The van der Waals surface area contributed by atoms with E-state index in [1.165, 1.54) is 19.1 Å². The molecule has 1 aliphatic carbocycles. The van der Waals surface area contributed by atoms with E-state index in [0.29, 0.717) is 74.9 Å². The van der Waals surface area contributed by atoms with Crippen molar-refractivity contribution in [2.75, 3.05) is 42.1 Å². The van der Waals surface area contributed by atoms with E-state index in [0.717, 1.165) is 11.1 Å². The highest BCUT2D eigenvalue weighted by Crippen LogP contribution is 2.41. The summed E-state index contributed by atoms with van der Waals surface area (Å²) < 4.78 is 41.1. The van der Waals surface area contributed by atoms with E-state index in [2.05, 4.69) is 6.92 Å². The maximum atomic E-state index is 14.6. The van der Waals surface area contributed by atoms with Crippen molar-refractivity contribution in [1.82, 2.24) is 4.90 Å². The summed E-state index contributed by atoms with van der Waals surface area (Å²) in [6.45, 7) is 11.2. The number of hydrogen-bond acceptors (Lipinski definition) is 14. The van der Waals surface area contributed by atoms with Crippen LogP contribution in [0, 0.1) is 29.6 Å². The third kappa shape index (κ3) is 14.3. The van der Waals surface area contributed by atoms with Crippen LogP contribution in [0.3, 0.4) is 0 Å². The van der Waals surface area contributed by atoms with E-state index in [1.807, 2.05) is 69.4 Å². The second-order valence-electron chi connectivity index (χ2n) is 20.7. The van der Waals surface area contributed by atoms with Crippen molar-refractivity contribution < 1.29 is 67.7 Å². The first-order valence-electron chi connectivity index (χ1n) is 25.6. The number of ketones is 2. The number of nitrogens with zero attached hydrogens (tertiary/aromatic N) is 1. The molecule has 396 valence electrons. The summed E-state index contributed by atoms with van der Waals surface area (Å²) in [7, 11) is 7.84. The number of esters is 1. The van der Waals surface area contributed by atoms with Gasteiger partial charge in [-0.15, -0.1) is 0 Å². The first-order chi connectivity index (χ1) is 33.7. The third-order valence-corrected chi connectivity index (χ3v) is 15.5. The van der Waals surface area contributed by atoms with Crippen LogP contribution in [-0.2, 0) is 42.9 Å². The summed E-state index contributed by atoms with van der Waals surface area (Å²) in [6, 6.07) is 4.42. The number of piperidine rings is 1. The van der Waals surface area contributed by atoms with Crippen molar-refractivity contribution in [2.24, 2.45) is 29.6 Å². The Labute approximate surface area is 421 Å². The van der Waals surface area contributed by atoms with Gasteiger partial charge >= 0.3 is 5.97 Å². The number of benzene rings is 1. The molecule has 1 aromatic rings. The fourth-order valence-electron chi connectivity index (χ4n) is 11.2. The number of allylic oxidation sites excluding steroid dienone is 5. The zero-order valence-electron chi connectivity index (χ0n) is 44.1. The Balaban J connectivity index is 1.43. The van der Waals surface area contributed by atoms with Gasteiger partial charge in [0.2, 0.25) is 5.79 Å². The highest BCUT2D eigenvalue weighted by atomic mass is 16.7. The van der Waals surface area contributed by atoms with Crippen molar-refractivity contribution in [2.45, 2.75) is 173 Å². The number of carbonyl (C=O) groups excluding carboxylic acids is 4. The summed E-state index contributed by atoms with van der Waals surface area (Å²) >= 11 is 0. The molecule has 2 saturated heterocycles. The number of fused-ring (bicyclic) bond motifs is 3. The number of cyclic esters (lactones) is 1. The Morgan fingerprint density at radius 2 is 1.55 bits per heavy atom. The molecule has 15 nitrogen and oxygen atoms in total. The molecule has 0 aromatic heterocycles. The van der Waals surface area contributed by atoms with Crippen LogP contribution < -0.4 is 9.47 Å². The Kier molecular flexibility index (Phi) is 21.2. The van der Waals surface area contributed by atoms with Gasteiger partial charge < -0.3 is 53.4 Å². The number of carbonyl (C=O) groups is 4. The normalized spacial score (nSPS) is 36.5. The van der Waals surface area contributed by atoms with Crippen molar-refractivity contribution in [1.29, 1.82) is 0 Å². The highest BCUT2D eigenvalue weighted by molar-refractivity contribution is 6.39. The lowest BCUT2D eigenvalue weighted by Gasteiger charge is -2.47. The summed E-state index contributed by atoms with van der Waals surface area (Å²) in [5.74, 6) is -6.48. The molecular weight excluding hydrogens is 911 g/mol. The standard InChI is InChI=1S/C56H83NO14/c1-12-41-25-34(2)24-35(3)26-47(67-9)51-48(68-10)28-37(5)56(64,71-51)52(60)53(61)57-23-17-15-19-44(57)54(62)70-50(38(6)45(58)33-46(41)59)36(4)27-40-20-22-55(63,49(31-40)69-11)21-16-13-14-18-39-29-42(65-7)32-43(30-39)66-8/h13-14,16,18,25,27,29-30,32,35,37-38,40-41,44-45,47-51,58,63-64H,12,15,17,19-24,26,28,31,33H2,1-11H3/b16-13?,18-14?,34-25+,36-27?. The molecule has 14 unspecified atom stereocenters. The first-order valence-corrected chi connectivity index (χ1v) is 25.6. The van der Waals surface area contributed by atoms with E-state index in [-0.39, 0.29) is 43.4 Å². The first kappa shape index (κ1) is 57.7. The molecule has 1 saturated carbocycles. The molecule has 0 radical (unpaired) electrons. The minimum atomic E-state index is -2.53. The Hall–Kier alpha value is -4.22. The maximum Gasteiger partial charge on any atom is 0.329 e. The smallest absolute Gasteiger partial charge is 0.329 e. The number of aliphatic hydroxyl groups excluding tert-OH is 1. The van der Waals surface area contributed by atoms with Crippen LogP contribution in [0.1, 0.15) is 124 Å². The van der Waals surface area contributed by atoms with Gasteiger partial charge in [-0.3, -0.25) is 14.4 Å². The van der Waals surface area contributed by atoms with Gasteiger partial charge in [-0.05, 0) is 120 Å². The fourth-order valence-corrected chi connectivity index (χ4v) is 11.2. The van der Waals surface area contributed by atoms with Crippen molar-refractivity contribution in [3.63, 3.8) is 0 Å². The van der Waals surface area contributed by atoms with Crippen LogP contribution in [-0.4, -0.2) is 140 Å². The average molecular weight is 994 g/mol. The van der Waals surface area contributed by atoms with E-state index in [4.69, 9.17) is 33.2 Å². The van der Waals surface area contributed by atoms with Crippen LogP contribution in [0.2, 0.25) is 0 Å². The maximum absolute atomic E-state index is 14.6. The number of amides is 1. The van der Waals surface area contributed by atoms with Crippen LogP contribution in [0.4, 0.5) is 0 Å². The summed E-state index contributed by atoms with van der Waals surface area (Å²) in [4.78, 5) is 58.6. The molecule has 3 aliphatic heterocycles. The van der Waals surface area contributed by atoms with Crippen LogP contribution >= 0.6 is 0 Å². The van der Waals surface area contributed by atoms with Crippen LogP contribution in [0.5, 0.6) is 11.5 Å². The molecule has 5 rings (SSSR count). The largest absolute Gasteiger partial charge is 0.497 e. The van der Waals surface area contributed by atoms with Gasteiger partial charge in [-0.25, -0.2) is 4.79 Å². The predicted molar refractivity (Wildman–Crippen MR) is 269 cm³/mol. The minimum absolute atomic E-state index is 0.0143. The lowest BCUT2D eigenvalue weighted by Crippen LogP contribution is -2.64. The molecule has 2 bridgehead atoms. The number of aliphatic hydroxyl groups is 3. The summed E-state index contributed by atoms with van der Waals surface area (Å²) in [5, 5.41) is 36.0. The van der Waals surface area contributed by atoms with Gasteiger partial charge in [0.1, 0.15) is 35.5 Å². The quantitative estimate of drug-likeness (QED) is 0.0805. The van der Waals surface area contributed by atoms with E-state index >= 15 is 0 Å². The zero-order valence-corrected chi connectivity index (χ0v) is 44.1.